The minimum Gasteiger partial charge on any atom is -0.295 e. The molecule has 0 saturated carbocycles. The highest BCUT2D eigenvalue weighted by Gasteiger charge is 2.03. The summed E-state index contributed by atoms with van der Waals surface area (Å²) in [5.41, 5.74) is 3.03. The fraction of sp³-hybridized carbons (Fsp3) is 0.250. The second-order valence-electron chi connectivity index (χ2n) is 5.38. The summed E-state index contributed by atoms with van der Waals surface area (Å²) in [4.78, 5) is 23.0. The van der Waals surface area contributed by atoms with E-state index in [1.165, 1.54) is 6.92 Å². The quantitative estimate of drug-likeness (QED) is 0.557. The van der Waals surface area contributed by atoms with E-state index in [1.807, 2.05) is 32.9 Å². The van der Waals surface area contributed by atoms with Crippen molar-refractivity contribution in [3.63, 3.8) is 0 Å². The highest BCUT2D eigenvalue weighted by Crippen LogP contribution is 2.07. The highest BCUT2D eigenvalue weighted by molar-refractivity contribution is 5.96. The molecule has 0 aromatic heterocycles. The van der Waals surface area contributed by atoms with Crippen LogP contribution in [0.25, 0.3) is 0 Å². The summed E-state index contributed by atoms with van der Waals surface area (Å²) < 4.78 is 0. The van der Waals surface area contributed by atoms with Crippen molar-refractivity contribution in [1.82, 2.24) is 0 Å². The molecule has 0 aliphatic carbocycles. The van der Waals surface area contributed by atoms with Gasteiger partial charge >= 0.3 is 0 Å². The number of Topliss-reactive ketones (excluding diaryl/α,β-unsaturated/α-hetero) is 2. The number of carbonyl (C=O) groups is 2. The maximum Gasteiger partial charge on any atom is 0.162 e. The van der Waals surface area contributed by atoms with Crippen molar-refractivity contribution in [2.45, 2.75) is 40.5 Å². The van der Waals surface area contributed by atoms with Gasteiger partial charge in [-0.2, -0.15) is 0 Å². The molecule has 2 nitrogen and oxygen atoms in total. The molecule has 0 saturated heterocycles. The molecular formula is C24H24O2. The molecule has 0 aliphatic rings. The van der Waals surface area contributed by atoms with Crippen LogP contribution < -0.4 is 0 Å². The van der Waals surface area contributed by atoms with E-state index in [-0.39, 0.29) is 11.6 Å². The monoisotopic (exact) mass is 344 g/mol. The summed E-state index contributed by atoms with van der Waals surface area (Å²) in [6, 6.07) is 14.4. The molecule has 0 aliphatic heterocycles. The van der Waals surface area contributed by atoms with Gasteiger partial charge in [0.2, 0.25) is 0 Å². The lowest BCUT2D eigenvalue weighted by Gasteiger charge is -1.98. The van der Waals surface area contributed by atoms with Crippen LogP contribution in [-0.4, -0.2) is 11.6 Å². The average molecular weight is 344 g/mol. The van der Waals surface area contributed by atoms with Gasteiger partial charge in [-0.1, -0.05) is 56.9 Å². The van der Waals surface area contributed by atoms with Gasteiger partial charge in [0.15, 0.2) is 11.6 Å². The Morgan fingerprint density at radius 3 is 1.58 bits per heavy atom. The summed E-state index contributed by atoms with van der Waals surface area (Å²) in [5.74, 6) is 11.7. The maximum atomic E-state index is 11.8. The molecule has 2 aromatic rings. The Morgan fingerprint density at radius 2 is 1.19 bits per heavy atom. The van der Waals surface area contributed by atoms with Gasteiger partial charge in [-0.05, 0) is 49.5 Å². The number of benzene rings is 2. The van der Waals surface area contributed by atoms with Crippen molar-refractivity contribution in [3.05, 3.63) is 70.8 Å². The largest absolute Gasteiger partial charge is 0.295 e. The van der Waals surface area contributed by atoms with Crippen LogP contribution >= 0.6 is 0 Å². The smallest absolute Gasteiger partial charge is 0.162 e. The Labute approximate surface area is 156 Å². The Bertz CT molecular complexity index is 849. The van der Waals surface area contributed by atoms with Crippen molar-refractivity contribution in [1.29, 1.82) is 0 Å². The average Bonchev–Trinajstić information content (AvgIpc) is 2.68. The zero-order valence-corrected chi connectivity index (χ0v) is 15.8. The standard InChI is InChI=1S/C22H18O2.C2H6/c1-3-6-22(24)21-15-11-19(12-16-21)8-5-4-7-18-9-13-20(14-10-18)17(2)23;1-2/h9-16H,3,6H2,1-2H3;1-2H3. The molecule has 0 N–H and O–H groups in total. The first kappa shape index (κ1) is 20.9. The Balaban J connectivity index is 0.00000163. The lowest BCUT2D eigenvalue weighted by molar-refractivity contribution is 0.0979. The number of ketones is 2. The highest BCUT2D eigenvalue weighted by atomic mass is 16.1. The van der Waals surface area contributed by atoms with Crippen LogP contribution in [0.3, 0.4) is 0 Å². The van der Waals surface area contributed by atoms with Crippen molar-refractivity contribution < 1.29 is 9.59 Å². The first-order valence-corrected chi connectivity index (χ1v) is 8.86. The predicted molar refractivity (Wildman–Crippen MR) is 107 cm³/mol. The summed E-state index contributed by atoms with van der Waals surface area (Å²) >= 11 is 0. The van der Waals surface area contributed by atoms with Crippen LogP contribution in [0.1, 0.15) is 72.4 Å². The molecule has 2 rings (SSSR count). The Hall–Kier alpha value is -3.10. The molecule has 0 amide bonds. The van der Waals surface area contributed by atoms with Gasteiger partial charge in [-0.25, -0.2) is 0 Å². The SMILES string of the molecule is CC.CCCC(=O)c1ccc(C#CC#Cc2ccc(C(C)=O)cc2)cc1. The molecule has 26 heavy (non-hydrogen) atoms. The van der Waals surface area contributed by atoms with Crippen LogP contribution in [-0.2, 0) is 0 Å². The third-order valence-electron chi connectivity index (χ3n) is 3.45. The fourth-order valence-corrected chi connectivity index (χ4v) is 2.11. The summed E-state index contributed by atoms with van der Waals surface area (Å²) in [5, 5.41) is 0. The minimum absolute atomic E-state index is 0.0372. The van der Waals surface area contributed by atoms with Crippen LogP contribution in [0.4, 0.5) is 0 Å². The second-order valence-corrected chi connectivity index (χ2v) is 5.38. The van der Waals surface area contributed by atoms with E-state index in [0.29, 0.717) is 12.0 Å². The van der Waals surface area contributed by atoms with Gasteiger partial charge in [-0.15, -0.1) is 0 Å². The summed E-state index contributed by atoms with van der Waals surface area (Å²) in [6.45, 7) is 7.53. The van der Waals surface area contributed by atoms with Gasteiger partial charge in [0, 0.05) is 28.7 Å². The normalized spacial score (nSPS) is 8.77. The fourth-order valence-electron chi connectivity index (χ4n) is 2.11. The molecular weight excluding hydrogens is 320 g/mol. The molecule has 0 spiro atoms. The van der Waals surface area contributed by atoms with E-state index >= 15 is 0 Å². The number of hydrogen-bond acceptors (Lipinski definition) is 2. The van der Waals surface area contributed by atoms with Crippen LogP contribution in [0.15, 0.2) is 48.5 Å². The van der Waals surface area contributed by atoms with E-state index in [1.54, 1.807) is 36.4 Å². The lowest BCUT2D eigenvalue weighted by atomic mass is 10.1. The summed E-state index contributed by atoms with van der Waals surface area (Å²) in [6.07, 6.45) is 1.42. The van der Waals surface area contributed by atoms with Crippen LogP contribution in [0.2, 0.25) is 0 Å². The van der Waals surface area contributed by atoms with Gasteiger partial charge in [-0.3, -0.25) is 9.59 Å². The third-order valence-corrected chi connectivity index (χ3v) is 3.45. The zero-order chi connectivity index (χ0) is 19.4. The van der Waals surface area contributed by atoms with Crippen molar-refractivity contribution in [2.75, 3.05) is 0 Å². The zero-order valence-electron chi connectivity index (χ0n) is 15.8. The number of rotatable bonds is 4. The lowest BCUT2D eigenvalue weighted by Crippen LogP contribution is -1.97. The molecule has 0 fully saturated rings. The van der Waals surface area contributed by atoms with E-state index < -0.39 is 0 Å². The predicted octanol–water partition coefficient (Wildman–Crippen LogP) is 5.30. The first-order chi connectivity index (χ1) is 12.6. The molecule has 132 valence electrons. The maximum absolute atomic E-state index is 11.8. The van der Waals surface area contributed by atoms with Gasteiger partial charge in [0.1, 0.15) is 0 Å². The van der Waals surface area contributed by atoms with Crippen molar-refractivity contribution in [3.8, 4) is 23.7 Å². The molecule has 0 unspecified atom stereocenters. The second kappa shape index (κ2) is 11.5. The topological polar surface area (TPSA) is 34.1 Å². The molecule has 2 aromatic carbocycles. The minimum atomic E-state index is 0.0372. The van der Waals surface area contributed by atoms with Gasteiger partial charge in [0.05, 0.1) is 0 Å². The van der Waals surface area contributed by atoms with E-state index in [0.717, 1.165) is 23.1 Å². The summed E-state index contributed by atoms with van der Waals surface area (Å²) in [7, 11) is 0. The van der Waals surface area contributed by atoms with Crippen LogP contribution in [0.5, 0.6) is 0 Å². The van der Waals surface area contributed by atoms with Crippen molar-refractivity contribution in [2.24, 2.45) is 0 Å². The van der Waals surface area contributed by atoms with Crippen molar-refractivity contribution >= 4 is 11.6 Å². The Morgan fingerprint density at radius 1 is 0.769 bits per heavy atom. The number of carbonyl (C=O) groups excluding carboxylic acids is 2. The molecule has 2 heteroatoms. The van der Waals surface area contributed by atoms with E-state index in [4.69, 9.17) is 0 Å². The van der Waals surface area contributed by atoms with Crippen LogP contribution in [0, 0.1) is 23.7 Å². The molecule has 0 bridgehead atoms. The first-order valence-electron chi connectivity index (χ1n) is 8.86. The van der Waals surface area contributed by atoms with Gasteiger partial charge < -0.3 is 0 Å². The molecule has 0 radical (unpaired) electrons. The van der Waals surface area contributed by atoms with E-state index in [2.05, 4.69) is 23.7 Å². The third kappa shape index (κ3) is 6.80. The molecule has 0 heterocycles. The van der Waals surface area contributed by atoms with Gasteiger partial charge in [0.25, 0.3) is 0 Å². The number of hydrogen-bond donors (Lipinski definition) is 0. The van der Waals surface area contributed by atoms with E-state index in [9.17, 15) is 9.59 Å². The Kier molecular flexibility index (Phi) is 9.23. The molecule has 0 atom stereocenters.